The van der Waals surface area contributed by atoms with Gasteiger partial charge in [-0.2, -0.15) is 0 Å². The van der Waals surface area contributed by atoms with E-state index in [1.807, 2.05) is 0 Å². The second-order valence-corrected chi connectivity index (χ2v) is 5.70. The standard InChI is InChI=1S/C23H34O2/c1-2-3-4-5-6-7-8-9-10-11-12-13-14-15-16-17-18-19-20-21-22-23(24)25/h3-4,6-7,9-10,12-13,15-16,18-19H,2,5,8,11,14,17,20-22H2,1H3,(H,24,25)/b4-3-,7-6-,10-9-,13-12-,16-15-,19-18-. The van der Waals surface area contributed by atoms with Gasteiger partial charge in [0.05, 0.1) is 0 Å². The number of carboxylic acids is 1. The van der Waals surface area contributed by atoms with E-state index < -0.39 is 5.97 Å². The van der Waals surface area contributed by atoms with Crippen LogP contribution in [0, 0.1) is 0 Å². The van der Waals surface area contributed by atoms with Crippen LogP contribution in [0.1, 0.15) is 64.7 Å². The van der Waals surface area contributed by atoms with Gasteiger partial charge in [-0.15, -0.1) is 0 Å². The molecular formula is C23H34O2. The quantitative estimate of drug-likeness (QED) is 0.258. The third kappa shape index (κ3) is 21.9. The summed E-state index contributed by atoms with van der Waals surface area (Å²) in [5.41, 5.74) is 0. The Kier molecular flexibility index (Phi) is 18.3. The van der Waals surface area contributed by atoms with Crippen molar-refractivity contribution >= 4 is 5.97 Å². The molecule has 0 aliphatic carbocycles. The van der Waals surface area contributed by atoms with Crippen LogP contribution in [0.15, 0.2) is 72.9 Å². The van der Waals surface area contributed by atoms with Crippen LogP contribution >= 0.6 is 0 Å². The summed E-state index contributed by atoms with van der Waals surface area (Å²) in [4.78, 5) is 10.3. The van der Waals surface area contributed by atoms with Gasteiger partial charge in [-0.25, -0.2) is 0 Å². The molecule has 2 heteroatoms. The van der Waals surface area contributed by atoms with Crippen molar-refractivity contribution in [2.45, 2.75) is 64.7 Å². The lowest BCUT2D eigenvalue weighted by molar-refractivity contribution is -0.137. The maximum Gasteiger partial charge on any atom is 0.303 e. The van der Waals surface area contributed by atoms with Gasteiger partial charge in [0.1, 0.15) is 0 Å². The molecule has 0 heterocycles. The molecule has 0 radical (unpaired) electrons. The summed E-state index contributed by atoms with van der Waals surface area (Å²) in [5.74, 6) is -0.716. The Hall–Kier alpha value is -2.09. The van der Waals surface area contributed by atoms with Crippen molar-refractivity contribution < 1.29 is 9.90 Å². The molecule has 138 valence electrons. The average Bonchev–Trinajstić information content (AvgIpc) is 2.60. The average molecular weight is 343 g/mol. The van der Waals surface area contributed by atoms with Crippen LogP contribution in [-0.2, 0) is 4.79 Å². The van der Waals surface area contributed by atoms with Crippen LogP contribution in [0.5, 0.6) is 0 Å². The first-order chi connectivity index (χ1) is 12.3. The highest BCUT2D eigenvalue weighted by molar-refractivity contribution is 5.66. The molecule has 0 spiro atoms. The van der Waals surface area contributed by atoms with Gasteiger partial charge < -0.3 is 5.11 Å². The molecule has 0 amide bonds. The van der Waals surface area contributed by atoms with E-state index in [1.54, 1.807) is 0 Å². The van der Waals surface area contributed by atoms with E-state index >= 15 is 0 Å². The van der Waals surface area contributed by atoms with E-state index in [2.05, 4.69) is 79.8 Å². The SMILES string of the molecule is CC/C=C\C/C=C\C/C=C\C/C=C\C/C=C\C/C=C\CCCC(=O)O. The van der Waals surface area contributed by atoms with Crippen molar-refractivity contribution in [1.29, 1.82) is 0 Å². The van der Waals surface area contributed by atoms with E-state index in [0.717, 1.165) is 51.4 Å². The molecule has 0 rings (SSSR count). The Balaban J connectivity index is 3.50. The van der Waals surface area contributed by atoms with Crippen molar-refractivity contribution in [3.63, 3.8) is 0 Å². The lowest BCUT2D eigenvalue weighted by Crippen LogP contribution is -1.92. The highest BCUT2D eigenvalue weighted by Crippen LogP contribution is 1.99. The first kappa shape index (κ1) is 22.9. The number of hydrogen-bond acceptors (Lipinski definition) is 1. The Labute approximate surface area is 154 Å². The predicted octanol–water partition coefficient (Wildman–Crippen LogP) is 6.94. The van der Waals surface area contributed by atoms with Crippen LogP contribution < -0.4 is 0 Å². The normalized spacial score (nSPS) is 13.0. The minimum absolute atomic E-state index is 0.256. The fraction of sp³-hybridized carbons (Fsp3) is 0.435. The molecule has 0 saturated heterocycles. The fourth-order valence-electron chi connectivity index (χ4n) is 2.01. The molecule has 25 heavy (non-hydrogen) atoms. The summed E-state index contributed by atoms with van der Waals surface area (Å²) >= 11 is 0. The number of aliphatic carboxylic acids is 1. The second-order valence-electron chi connectivity index (χ2n) is 5.70. The maximum absolute atomic E-state index is 10.3. The van der Waals surface area contributed by atoms with Crippen molar-refractivity contribution in [2.24, 2.45) is 0 Å². The lowest BCUT2D eigenvalue weighted by Gasteiger charge is -1.89. The first-order valence-electron chi connectivity index (χ1n) is 9.39. The molecule has 0 aromatic heterocycles. The Morgan fingerprint density at radius 2 is 1.00 bits per heavy atom. The molecule has 0 aromatic rings. The molecular weight excluding hydrogens is 308 g/mol. The molecule has 0 fully saturated rings. The van der Waals surface area contributed by atoms with Crippen LogP contribution in [0.2, 0.25) is 0 Å². The minimum atomic E-state index is -0.716. The largest absolute Gasteiger partial charge is 0.481 e. The summed E-state index contributed by atoms with van der Waals surface area (Å²) in [5, 5.41) is 8.51. The summed E-state index contributed by atoms with van der Waals surface area (Å²) in [6.07, 6.45) is 33.9. The van der Waals surface area contributed by atoms with Gasteiger partial charge in [0.25, 0.3) is 0 Å². The van der Waals surface area contributed by atoms with Crippen molar-refractivity contribution in [3.05, 3.63) is 72.9 Å². The van der Waals surface area contributed by atoms with Crippen LogP contribution in [0.3, 0.4) is 0 Å². The second kappa shape index (κ2) is 20.0. The van der Waals surface area contributed by atoms with E-state index in [9.17, 15) is 4.79 Å². The zero-order chi connectivity index (χ0) is 18.4. The van der Waals surface area contributed by atoms with Gasteiger partial charge in [0, 0.05) is 6.42 Å². The molecule has 0 aliphatic heterocycles. The number of carbonyl (C=O) groups is 1. The monoisotopic (exact) mass is 342 g/mol. The number of allylic oxidation sites excluding steroid dienone is 12. The zero-order valence-electron chi connectivity index (χ0n) is 15.6. The van der Waals surface area contributed by atoms with Gasteiger partial charge >= 0.3 is 5.97 Å². The molecule has 0 aromatic carbocycles. The number of rotatable bonds is 15. The van der Waals surface area contributed by atoms with Crippen LogP contribution in [0.25, 0.3) is 0 Å². The molecule has 0 bridgehead atoms. The topological polar surface area (TPSA) is 37.3 Å². The summed E-state index contributed by atoms with van der Waals surface area (Å²) in [6, 6.07) is 0. The van der Waals surface area contributed by atoms with Gasteiger partial charge in [0.15, 0.2) is 0 Å². The highest BCUT2D eigenvalue weighted by atomic mass is 16.4. The minimum Gasteiger partial charge on any atom is -0.481 e. The summed E-state index contributed by atoms with van der Waals surface area (Å²) in [6.45, 7) is 2.15. The van der Waals surface area contributed by atoms with Gasteiger partial charge in [-0.3, -0.25) is 4.79 Å². The fourth-order valence-corrected chi connectivity index (χ4v) is 2.01. The smallest absolute Gasteiger partial charge is 0.303 e. The van der Waals surface area contributed by atoms with E-state index in [-0.39, 0.29) is 6.42 Å². The molecule has 0 unspecified atom stereocenters. The number of carboxylic acid groups (broad SMARTS) is 1. The molecule has 1 N–H and O–H groups in total. The first-order valence-corrected chi connectivity index (χ1v) is 9.39. The van der Waals surface area contributed by atoms with Crippen molar-refractivity contribution in [1.82, 2.24) is 0 Å². The third-order valence-corrected chi connectivity index (χ3v) is 3.36. The maximum atomic E-state index is 10.3. The molecule has 0 atom stereocenters. The number of unbranched alkanes of at least 4 members (excludes halogenated alkanes) is 1. The van der Waals surface area contributed by atoms with Crippen LogP contribution in [0.4, 0.5) is 0 Å². The summed E-state index contributed by atoms with van der Waals surface area (Å²) in [7, 11) is 0. The van der Waals surface area contributed by atoms with Gasteiger partial charge in [0.2, 0.25) is 0 Å². The lowest BCUT2D eigenvalue weighted by atomic mass is 10.2. The zero-order valence-corrected chi connectivity index (χ0v) is 15.6. The van der Waals surface area contributed by atoms with E-state index in [1.165, 1.54) is 0 Å². The van der Waals surface area contributed by atoms with Crippen LogP contribution in [-0.4, -0.2) is 11.1 Å². The predicted molar refractivity (Wildman–Crippen MR) is 110 cm³/mol. The molecule has 2 nitrogen and oxygen atoms in total. The Morgan fingerprint density at radius 3 is 1.36 bits per heavy atom. The highest BCUT2D eigenvalue weighted by Gasteiger charge is 1.92. The Morgan fingerprint density at radius 1 is 0.640 bits per heavy atom. The Bertz CT molecular complexity index is 476. The molecule has 0 aliphatic rings. The number of hydrogen-bond donors (Lipinski definition) is 1. The van der Waals surface area contributed by atoms with Crippen molar-refractivity contribution in [3.8, 4) is 0 Å². The van der Waals surface area contributed by atoms with E-state index in [4.69, 9.17) is 5.11 Å². The van der Waals surface area contributed by atoms with Gasteiger partial charge in [-0.05, 0) is 51.4 Å². The summed E-state index contributed by atoms with van der Waals surface area (Å²) < 4.78 is 0. The van der Waals surface area contributed by atoms with Crippen molar-refractivity contribution in [2.75, 3.05) is 0 Å². The molecule has 0 saturated carbocycles. The third-order valence-electron chi connectivity index (χ3n) is 3.36. The van der Waals surface area contributed by atoms with Gasteiger partial charge in [-0.1, -0.05) is 79.8 Å². The van der Waals surface area contributed by atoms with E-state index in [0.29, 0.717) is 0 Å².